The van der Waals surface area contributed by atoms with Gasteiger partial charge in [0.25, 0.3) is 0 Å². The number of nitrogens with zero attached hydrogens (tertiary/aromatic N) is 1. The molecule has 0 radical (unpaired) electrons. The molecule has 6 aliphatic carbocycles. The van der Waals surface area contributed by atoms with Crippen molar-refractivity contribution in [3.63, 3.8) is 0 Å². The molecule has 2 amide bonds. The molecule has 8 atom stereocenters. The zero-order chi connectivity index (χ0) is 31.8. The van der Waals surface area contributed by atoms with E-state index in [2.05, 4.69) is 37.4 Å². The van der Waals surface area contributed by atoms with Crippen LogP contribution in [-0.2, 0) is 6.54 Å². The highest BCUT2D eigenvalue weighted by atomic mass is 16.3. The predicted octanol–water partition coefficient (Wildman–Crippen LogP) is 6.67. The summed E-state index contributed by atoms with van der Waals surface area (Å²) in [5, 5.41) is 26.8. The number of benzene rings is 1. The molecular formula is C38H48N2O5. The summed E-state index contributed by atoms with van der Waals surface area (Å²) in [6.45, 7) is 9.12. The summed E-state index contributed by atoms with van der Waals surface area (Å²) in [5.41, 5.74) is -0.943. The molecule has 3 saturated carbocycles. The fourth-order valence-corrected chi connectivity index (χ4v) is 10.8. The van der Waals surface area contributed by atoms with Crippen molar-refractivity contribution in [3.8, 4) is 0 Å². The molecule has 1 aromatic heterocycles. The highest BCUT2D eigenvalue weighted by molar-refractivity contribution is 6.08. The Kier molecular flexibility index (Phi) is 7.07. The maximum absolute atomic E-state index is 14.4. The largest absolute Gasteiger partial charge is 0.461 e. The number of hydrogen-bond donors (Lipinski definition) is 3. The van der Waals surface area contributed by atoms with Crippen LogP contribution < -0.4 is 5.32 Å². The molecule has 1 aromatic carbocycles. The van der Waals surface area contributed by atoms with Gasteiger partial charge in [-0.15, -0.1) is 0 Å². The first-order valence-corrected chi connectivity index (χ1v) is 16.9. The van der Waals surface area contributed by atoms with E-state index in [0.717, 1.165) is 43.2 Å². The summed E-state index contributed by atoms with van der Waals surface area (Å²) >= 11 is 0. The molecule has 8 rings (SSSR count). The van der Waals surface area contributed by atoms with Crippen molar-refractivity contribution in [1.82, 2.24) is 10.2 Å². The molecule has 7 heteroatoms. The van der Waals surface area contributed by atoms with Gasteiger partial charge in [0.05, 0.1) is 24.5 Å². The lowest BCUT2D eigenvalue weighted by Crippen LogP contribution is -2.67. The number of urea groups is 1. The van der Waals surface area contributed by atoms with E-state index in [9.17, 15) is 19.8 Å². The minimum absolute atomic E-state index is 0.00359. The van der Waals surface area contributed by atoms with E-state index in [4.69, 9.17) is 4.42 Å². The molecule has 2 bridgehead atoms. The number of carbonyl (C=O) groups is 2. The Morgan fingerprint density at radius 2 is 1.69 bits per heavy atom. The summed E-state index contributed by atoms with van der Waals surface area (Å²) in [7, 11) is 0. The van der Waals surface area contributed by atoms with E-state index in [1.54, 1.807) is 23.3 Å². The molecule has 0 aliphatic heterocycles. The molecule has 1 unspecified atom stereocenters. The number of nitrogens with one attached hydrogen (secondary N) is 1. The fourth-order valence-electron chi connectivity index (χ4n) is 10.8. The van der Waals surface area contributed by atoms with Crippen LogP contribution >= 0.6 is 0 Å². The smallest absolute Gasteiger partial charge is 0.317 e. The molecule has 6 aliphatic rings. The summed E-state index contributed by atoms with van der Waals surface area (Å²) in [6.07, 6.45) is 13.3. The van der Waals surface area contributed by atoms with Crippen LogP contribution in [0.3, 0.4) is 0 Å². The topological polar surface area (TPSA) is 103 Å². The van der Waals surface area contributed by atoms with Gasteiger partial charge in [0.2, 0.25) is 5.78 Å². The lowest BCUT2D eigenvalue weighted by molar-refractivity contribution is -0.174. The summed E-state index contributed by atoms with van der Waals surface area (Å²) in [6, 6.07) is 13.2. The van der Waals surface area contributed by atoms with Gasteiger partial charge in [0, 0.05) is 34.4 Å². The molecule has 0 saturated heterocycles. The second-order valence-electron chi connectivity index (χ2n) is 15.6. The third-order valence-corrected chi connectivity index (χ3v) is 13.1. The van der Waals surface area contributed by atoms with Gasteiger partial charge in [0.15, 0.2) is 5.76 Å². The molecule has 240 valence electrons. The zero-order valence-corrected chi connectivity index (χ0v) is 27.1. The van der Waals surface area contributed by atoms with Crippen LogP contribution in [0.2, 0.25) is 0 Å². The Labute approximate surface area is 266 Å². The lowest BCUT2D eigenvalue weighted by atomic mass is 9.32. The zero-order valence-electron chi connectivity index (χ0n) is 27.1. The molecule has 2 spiro atoms. The average Bonchev–Trinajstić information content (AvgIpc) is 3.63. The number of aliphatic hydroxyl groups is 2. The van der Waals surface area contributed by atoms with Crippen LogP contribution in [0.5, 0.6) is 0 Å². The van der Waals surface area contributed by atoms with Crippen molar-refractivity contribution >= 4 is 11.8 Å². The van der Waals surface area contributed by atoms with Crippen molar-refractivity contribution in [2.45, 2.75) is 96.9 Å². The fraction of sp³-hybridized carbons (Fsp3) is 0.579. The van der Waals surface area contributed by atoms with Crippen molar-refractivity contribution in [1.29, 1.82) is 0 Å². The van der Waals surface area contributed by atoms with Gasteiger partial charge in [-0.3, -0.25) is 4.79 Å². The Hall–Kier alpha value is -3.16. The van der Waals surface area contributed by atoms with Gasteiger partial charge >= 0.3 is 6.03 Å². The van der Waals surface area contributed by atoms with Gasteiger partial charge < -0.3 is 24.8 Å². The number of fused-ring (bicyclic) bond motifs is 1. The molecule has 2 aromatic rings. The Bertz CT molecular complexity index is 1530. The number of hydrogen-bond acceptors (Lipinski definition) is 5. The first-order chi connectivity index (χ1) is 21.4. The molecule has 3 N–H and O–H groups in total. The average molecular weight is 613 g/mol. The SMILES string of the molecule is CC(C)NC(=O)N(Cc1ccccc1)C[C@]1(O)CC[C@H]2[C@]34C=C[C@@]5(C=C3C(=O)c3ccco3)CC(O)CC[C@]5(C)[C@H]4CC[C@@]21C. The van der Waals surface area contributed by atoms with Gasteiger partial charge in [-0.1, -0.05) is 62.4 Å². The van der Waals surface area contributed by atoms with E-state index < -0.39 is 27.9 Å². The molecule has 7 nitrogen and oxygen atoms in total. The highest BCUT2D eigenvalue weighted by Gasteiger charge is 2.74. The first kappa shape index (κ1) is 30.5. The number of aliphatic hydroxyl groups excluding tert-OH is 1. The van der Waals surface area contributed by atoms with Crippen molar-refractivity contribution in [2.24, 2.45) is 33.5 Å². The standard InChI is InChI=1S/C38H48N2O5/c1-25(2)39-33(43)40(23-26-9-6-5-7-10-26)24-37(44)17-14-31-35(37,4)16-13-30-34(3)15-12-27(41)21-36(34)18-19-38(30,31)28(22-36)32(42)29-11-8-20-45-29/h5-11,18-20,22,25,27,30-31,41,44H,12-17,21,23-24H2,1-4H3,(H,39,43)/t27?,30-,31-,34-,35+,36+,37-,38-/m1/s1. The number of amides is 2. The van der Waals surface area contributed by atoms with Gasteiger partial charge in [-0.05, 0) is 93.7 Å². The van der Waals surface area contributed by atoms with E-state index in [1.807, 2.05) is 44.2 Å². The highest BCUT2D eigenvalue weighted by Crippen LogP contribution is 2.78. The van der Waals surface area contributed by atoms with Crippen LogP contribution in [0.1, 0.15) is 88.8 Å². The lowest BCUT2D eigenvalue weighted by Gasteiger charge is -2.71. The monoisotopic (exact) mass is 612 g/mol. The maximum atomic E-state index is 14.4. The van der Waals surface area contributed by atoms with E-state index in [1.165, 1.54) is 0 Å². The molecule has 1 heterocycles. The van der Waals surface area contributed by atoms with Crippen LogP contribution in [0.4, 0.5) is 4.79 Å². The van der Waals surface area contributed by atoms with Gasteiger partial charge in [-0.2, -0.15) is 0 Å². The third-order valence-electron chi connectivity index (χ3n) is 13.1. The summed E-state index contributed by atoms with van der Waals surface area (Å²) in [5.74, 6) is 0.456. The Morgan fingerprint density at radius 1 is 0.978 bits per heavy atom. The molecule has 3 fully saturated rings. The quantitative estimate of drug-likeness (QED) is 0.239. The Morgan fingerprint density at radius 3 is 2.40 bits per heavy atom. The number of furan rings is 1. The van der Waals surface area contributed by atoms with Crippen LogP contribution in [0.25, 0.3) is 0 Å². The normalized spacial score (nSPS) is 39.5. The molecule has 45 heavy (non-hydrogen) atoms. The number of rotatable bonds is 7. The minimum Gasteiger partial charge on any atom is -0.461 e. The third kappa shape index (κ3) is 4.29. The van der Waals surface area contributed by atoms with Crippen LogP contribution in [0, 0.1) is 33.5 Å². The van der Waals surface area contributed by atoms with Crippen molar-refractivity contribution in [3.05, 3.63) is 83.9 Å². The van der Waals surface area contributed by atoms with E-state index in [-0.39, 0.29) is 41.7 Å². The Balaban J connectivity index is 1.30. The molecular weight excluding hydrogens is 564 g/mol. The second kappa shape index (κ2) is 10.4. The van der Waals surface area contributed by atoms with Crippen LogP contribution in [0.15, 0.2) is 76.9 Å². The number of carbonyl (C=O) groups excluding carboxylic acids is 2. The van der Waals surface area contributed by atoms with Crippen molar-refractivity contribution < 1.29 is 24.2 Å². The summed E-state index contributed by atoms with van der Waals surface area (Å²) in [4.78, 5) is 29.8. The predicted molar refractivity (Wildman–Crippen MR) is 172 cm³/mol. The van der Waals surface area contributed by atoms with Crippen LogP contribution in [-0.4, -0.2) is 51.2 Å². The summed E-state index contributed by atoms with van der Waals surface area (Å²) < 4.78 is 5.69. The van der Waals surface area contributed by atoms with E-state index in [0.29, 0.717) is 25.1 Å². The van der Waals surface area contributed by atoms with Gasteiger partial charge in [0.1, 0.15) is 0 Å². The maximum Gasteiger partial charge on any atom is 0.317 e. The first-order valence-electron chi connectivity index (χ1n) is 16.9. The number of ketones is 1. The number of Topliss-reactive ketones (excluding diaryl/α,β-unsaturated/α-hetero) is 1. The second-order valence-corrected chi connectivity index (χ2v) is 15.6. The van der Waals surface area contributed by atoms with Crippen molar-refractivity contribution in [2.75, 3.05) is 6.54 Å². The minimum atomic E-state index is -1.14. The number of allylic oxidation sites excluding steroid dienone is 4. The van der Waals surface area contributed by atoms with Gasteiger partial charge in [-0.25, -0.2) is 4.79 Å². The van der Waals surface area contributed by atoms with E-state index >= 15 is 0 Å².